The minimum absolute atomic E-state index is 0.0624. The molecule has 6 nitrogen and oxygen atoms in total. The molecule has 1 heterocycles. The van der Waals surface area contributed by atoms with E-state index in [-0.39, 0.29) is 19.2 Å². The Morgan fingerprint density at radius 3 is 2.78 bits per heavy atom. The van der Waals surface area contributed by atoms with Gasteiger partial charge in [0.15, 0.2) is 5.82 Å². The maximum atomic E-state index is 11.8. The van der Waals surface area contributed by atoms with Crippen LogP contribution < -0.4 is 5.32 Å². The third-order valence-electron chi connectivity index (χ3n) is 2.17. The maximum absolute atomic E-state index is 11.8. The predicted molar refractivity (Wildman–Crippen MR) is 56.8 cm³/mol. The quantitative estimate of drug-likeness (QED) is 0.744. The van der Waals surface area contributed by atoms with E-state index in [9.17, 15) is 13.2 Å². The summed E-state index contributed by atoms with van der Waals surface area (Å²) in [6.45, 7) is 3.41. The van der Waals surface area contributed by atoms with Gasteiger partial charge in [-0.2, -0.15) is 13.2 Å². The molecule has 0 spiro atoms. The monoisotopic (exact) mass is 267 g/mol. The van der Waals surface area contributed by atoms with Crippen molar-refractivity contribution in [3.05, 3.63) is 5.82 Å². The Morgan fingerprint density at radius 1 is 1.44 bits per heavy atom. The molecule has 0 fully saturated rings. The van der Waals surface area contributed by atoms with Crippen LogP contribution in [-0.2, 0) is 11.3 Å². The highest BCUT2D eigenvalue weighted by molar-refractivity contribution is 4.89. The first-order chi connectivity index (χ1) is 8.44. The van der Waals surface area contributed by atoms with E-state index in [2.05, 4.69) is 25.6 Å². The molecule has 0 radical (unpaired) electrons. The van der Waals surface area contributed by atoms with E-state index in [4.69, 9.17) is 0 Å². The van der Waals surface area contributed by atoms with Crippen molar-refractivity contribution in [3.63, 3.8) is 0 Å². The lowest BCUT2D eigenvalue weighted by Gasteiger charge is -2.12. The number of halogens is 3. The van der Waals surface area contributed by atoms with E-state index in [0.29, 0.717) is 5.82 Å². The molecule has 0 saturated heterocycles. The summed E-state index contributed by atoms with van der Waals surface area (Å²) < 4.78 is 41.5. The van der Waals surface area contributed by atoms with Crippen molar-refractivity contribution in [2.24, 2.45) is 0 Å². The van der Waals surface area contributed by atoms with Gasteiger partial charge in [-0.15, -0.1) is 5.10 Å². The van der Waals surface area contributed by atoms with Crippen LogP contribution in [0.2, 0.25) is 0 Å². The van der Waals surface area contributed by atoms with Crippen LogP contribution in [0.15, 0.2) is 0 Å². The minimum atomic E-state index is -4.31. The molecule has 0 amide bonds. The highest BCUT2D eigenvalue weighted by Crippen LogP contribution is 2.14. The first-order valence-corrected chi connectivity index (χ1v) is 5.58. The molecular weight excluding hydrogens is 251 g/mol. The number of alkyl halides is 3. The maximum Gasteiger partial charge on any atom is 0.411 e. The van der Waals surface area contributed by atoms with Gasteiger partial charge in [-0.25, -0.2) is 4.68 Å². The molecule has 0 bridgehead atoms. The van der Waals surface area contributed by atoms with Gasteiger partial charge in [0.25, 0.3) is 0 Å². The van der Waals surface area contributed by atoms with Gasteiger partial charge >= 0.3 is 6.18 Å². The summed E-state index contributed by atoms with van der Waals surface area (Å²) in [5.41, 5.74) is 0. The average molecular weight is 267 g/mol. The Morgan fingerprint density at radius 2 is 2.17 bits per heavy atom. The SMILES string of the molecule is CCNC(C)c1nnnn1CCOCC(F)(F)F. The van der Waals surface area contributed by atoms with Crippen molar-refractivity contribution in [2.75, 3.05) is 19.8 Å². The lowest BCUT2D eigenvalue weighted by molar-refractivity contribution is -0.174. The van der Waals surface area contributed by atoms with E-state index in [1.54, 1.807) is 0 Å². The molecule has 0 aliphatic carbocycles. The second-order valence-corrected chi connectivity index (χ2v) is 3.71. The van der Waals surface area contributed by atoms with Crippen LogP contribution in [-0.4, -0.2) is 46.1 Å². The number of tetrazole rings is 1. The fraction of sp³-hybridized carbons (Fsp3) is 0.889. The van der Waals surface area contributed by atoms with Crippen LogP contribution in [0.4, 0.5) is 13.2 Å². The number of nitrogens with one attached hydrogen (secondary N) is 1. The molecule has 1 N–H and O–H groups in total. The van der Waals surface area contributed by atoms with Gasteiger partial charge in [-0.05, 0) is 23.9 Å². The lowest BCUT2D eigenvalue weighted by atomic mass is 10.3. The molecule has 1 unspecified atom stereocenters. The molecule has 1 aromatic heterocycles. The van der Waals surface area contributed by atoms with Crippen LogP contribution in [0.5, 0.6) is 0 Å². The highest BCUT2D eigenvalue weighted by Gasteiger charge is 2.27. The summed E-state index contributed by atoms with van der Waals surface area (Å²) in [7, 11) is 0. The summed E-state index contributed by atoms with van der Waals surface area (Å²) in [4.78, 5) is 0. The van der Waals surface area contributed by atoms with Crippen molar-refractivity contribution in [1.82, 2.24) is 25.5 Å². The summed E-state index contributed by atoms with van der Waals surface area (Å²) in [6, 6.07) is -0.0624. The predicted octanol–water partition coefficient (Wildman–Crippen LogP) is 0.922. The third-order valence-corrected chi connectivity index (χ3v) is 2.17. The van der Waals surface area contributed by atoms with E-state index < -0.39 is 12.8 Å². The van der Waals surface area contributed by atoms with Crippen molar-refractivity contribution in [3.8, 4) is 0 Å². The van der Waals surface area contributed by atoms with E-state index in [1.165, 1.54) is 4.68 Å². The smallest absolute Gasteiger partial charge is 0.370 e. The molecule has 1 atom stereocenters. The van der Waals surface area contributed by atoms with Crippen LogP contribution in [0, 0.1) is 0 Å². The normalized spacial score (nSPS) is 13.8. The number of nitrogens with zero attached hydrogens (tertiary/aromatic N) is 4. The molecule has 0 aliphatic rings. The Balaban J connectivity index is 2.41. The fourth-order valence-electron chi connectivity index (χ4n) is 1.42. The van der Waals surface area contributed by atoms with E-state index in [0.717, 1.165) is 6.54 Å². The Labute approximate surface area is 102 Å². The molecule has 0 aliphatic heterocycles. The van der Waals surface area contributed by atoms with E-state index >= 15 is 0 Å². The van der Waals surface area contributed by atoms with Gasteiger partial charge in [0.2, 0.25) is 0 Å². The second-order valence-electron chi connectivity index (χ2n) is 3.71. The molecule has 0 aromatic carbocycles. The van der Waals surface area contributed by atoms with Crippen molar-refractivity contribution >= 4 is 0 Å². The van der Waals surface area contributed by atoms with Gasteiger partial charge in [0, 0.05) is 0 Å². The molecule has 18 heavy (non-hydrogen) atoms. The topological polar surface area (TPSA) is 64.9 Å². The van der Waals surface area contributed by atoms with Crippen molar-refractivity contribution < 1.29 is 17.9 Å². The molecule has 1 rings (SSSR count). The zero-order valence-electron chi connectivity index (χ0n) is 10.2. The van der Waals surface area contributed by atoms with Gasteiger partial charge < -0.3 is 10.1 Å². The van der Waals surface area contributed by atoms with Crippen LogP contribution >= 0.6 is 0 Å². The first-order valence-electron chi connectivity index (χ1n) is 5.58. The third kappa shape index (κ3) is 4.96. The summed E-state index contributed by atoms with van der Waals surface area (Å²) in [5, 5.41) is 14.1. The number of aromatic nitrogens is 4. The highest BCUT2D eigenvalue weighted by atomic mass is 19.4. The van der Waals surface area contributed by atoms with E-state index in [1.807, 2.05) is 13.8 Å². The Bertz CT molecular complexity index is 354. The second kappa shape index (κ2) is 6.64. The number of rotatable bonds is 7. The summed E-state index contributed by atoms with van der Waals surface area (Å²) in [6.07, 6.45) is -4.31. The minimum Gasteiger partial charge on any atom is -0.370 e. The molecule has 9 heteroatoms. The summed E-state index contributed by atoms with van der Waals surface area (Å²) >= 11 is 0. The fourth-order valence-corrected chi connectivity index (χ4v) is 1.42. The van der Waals surface area contributed by atoms with Gasteiger partial charge in [0.05, 0.1) is 19.2 Å². The van der Waals surface area contributed by atoms with Gasteiger partial charge in [-0.1, -0.05) is 6.92 Å². The summed E-state index contributed by atoms with van der Waals surface area (Å²) in [5.74, 6) is 0.576. The number of ether oxygens (including phenoxy) is 1. The number of hydrogen-bond acceptors (Lipinski definition) is 5. The number of hydrogen-bond donors (Lipinski definition) is 1. The van der Waals surface area contributed by atoms with Crippen LogP contribution in [0.25, 0.3) is 0 Å². The lowest BCUT2D eigenvalue weighted by Crippen LogP contribution is -2.24. The molecule has 1 aromatic rings. The van der Waals surface area contributed by atoms with Crippen LogP contribution in [0.3, 0.4) is 0 Å². The van der Waals surface area contributed by atoms with Crippen LogP contribution in [0.1, 0.15) is 25.7 Å². The molecule has 104 valence electrons. The molecule has 0 saturated carbocycles. The standard InChI is InChI=1S/C9H16F3N5O/c1-3-13-7(2)8-14-15-16-17(8)4-5-18-6-9(10,11)12/h7,13H,3-6H2,1-2H3. The van der Waals surface area contributed by atoms with Crippen molar-refractivity contribution in [1.29, 1.82) is 0 Å². The van der Waals surface area contributed by atoms with Gasteiger partial charge in [0.1, 0.15) is 6.61 Å². The first kappa shape index (κ1) is 14.8. The zero-order valence-corrected chi connectivity index (χ0v) is 10.2. The average Bonchev–Trinajstić information content (AvgIpc) is 2.71. The van der Waals surface area contributed by atoms with Gasteiger partial charge in [-0.3, -0.25) is 0 Å². The van der Waals surface area contributed by atoms with Crippen molar-refractivity contribution in [2.45, 2.75) is 32.6 Å². The Hall–Kier alpha value is -1.22. The molecular formula is C9H16F3N5O. The zero-order chi connectivity index (χ0) is 13.6. The largest absolute Gasteiger partial charge is 0.411 e. The Kier molecular flexibility index (Phi) is 5.48.